The van der Waals surface area contributed by atoms with Gasteiger partial charge in [0.25, 0.3) is 0 Å². The Kier molecular flexibility index (Phi) is 4.23. The zero-order valence-corrected chi connectivity index (χ0v) is 12.4. The lowest BCUT2D eigenvalue weighted by atomic mass is 10.3. The van der Waals surface area contributed by atoms with Gasteiger partial charge in [0.1, 0.15) is 11.4 Å². The molecule has 3 aromatic heterocycles. The van der Waals surface area contributed by atoms with E-state index in [-0.39, 0.29) is 6.61 Å². The van der Waals surface area contributed by atoms with Crippen molar-refractivity contribution in [3.05, 3.63) is 54.7 Å². The molecule has 0 radical (unpaired) electrons. The van der Waals surface area contributed by atoms with Crippen LogP contribution in [-0.2, 0) is 4.74 Å². The maximum absolute atomic E-state index is 12.1. The summed E-state index contributed by atoms with van der Waals surface area (Å²) in [6.45, 7) is 2.02. The molecule has 0 spiro atoms. The van der Waals surface area contributed by atoms with Crippen molar-refractivity contribution in [3.8, 4) is 0 Å². The summed E-state index contributed by atoms with van der Waals surface area (Å²) in [6, 6.07) is 5.44. The lowest BCUT2D eigenvalue weighted by molar-refractivity contribution is 0.0527. The molecule has 0 aliphatic heterocycles. The molecule has 23 heavy (non-hydrogen) atoms. The average molecular weight is 310 g/mol. The van der Waals surface area contributed by atoms with Gasteiger partial charge >= 0.3 is 5.97 Å². The summed E-state index contributed by atoms with van der Waals surface area (Å²) in [7, 11) is 0. The largest absolute Gasteiger partial charge is 0.462 e. The smallest absolute Gasteiger partial charge is 0.343 e. The maximum Gasteiger partial charge on any atom is 0.343 e. The summed E-state index contributed by atoms with van der Waals surface area (Å²) in [6.07, 6.45) is 7.77. The van der Waals surface area contributed by atoms with E-state index >= 15 is 0 Å². The molecule has 3 rings (SSSR count). The van der Waals surface area contributed by atoms with Crippen molar-refractivity contribution in [3.63, 3.8) is 0 Å². The summed E-state index contributed by atoms with van der Waals surface area (Å²) in [5.74, 6) is 1.02. The molecule has 0 bridgehead atoms. The van der Waals surface area contributed by atoms with Crippen molar-refractivity contribution < 1.29 is 9.53 Å². The second kappa shape index (κ2) is 6.65. The minimum Gasteiger partial charge on any atom is -0.462 e. The molecule has 1 N–H and O–H groups in total. The molecule has 0 aliphatic rings. The van der Waals surface area contributed by atoms with E-state index in [9.17, 15) is 4.79 Å². The van der Waals surface area contributed by atoms with E-state index in [0.29, 0.717) is 23.0 Å². The topological polar surface area (TPSA) is 96.9 Å². The van der Waals surface area contributed by atoms with Crippen molar-refractivity contribution in [2.45, 2.75) is 6.92 Å². The third-order valence-electron chi connectivity index (χ3n) is 3.00. The van der Waals surface area contributed by atoms with Crippen molar-refractivity contribution in [2.75, 3.05) is 11.5 Å². The summed E-state index contributed by atoms with van der Waals surface area (Å²) in [5.41, 5.74) is 0.295. The average Bonchev–Trinajstić information content (AvgIpc) is 3.07. The Balaban J connectivity index is 2.11. The molecule has 0 aliphatic carbocycles. The molecule has 116 valence electrons. The Bertz CT molecular complexity index is 735. The predicted octanol–water partition coefficient (Wildman–Crippen LogP) is 2.24. The highest BCUT2D eigenvalue weighted by Crippen LogP contribution is 2.31. The number of carbonyl (C=O) groups excluding carboxylic acids is 1. The first-order chi connectivity index (χ1) is 11.3. The fraction of sp³-hybridized carbons (Fsp3) is 0.133. The van der Waals surface area contributed by atoms with E-state index in [1.54, 1.807) is 48.7 Å². The van der Waals surface area contributed by atoms with Crippen LogP contribution in [0.4, 0.5) is 17.5 Å². The second-order valence-electron chi connectivity index (χ2n) is 4.44. The molecule has 0 saturated heterocycles. The lowest BCUT2D eigenvalue weighted by Crippen LogP contribution is -2.17. The van der Waals surface area contributed by atoms with Crippen LogP contribution >= 0.6 is 0 Å². The number of anilines is 3. The van der Waals surface area contributed by atoms with Crippen LogP contribution in [0.2, 0.25) is 0 Å². The van der Waals surface area contributed by atoms with E-state index in [4.69, 9.17) is 4.74 Å². The van der Waals surface area contributed by atoms with Gasteiger partial charge in [0.2, 0.25) is 0 Å². The Labute approximate surface area is 132 Å². The number of ether oxygens (including phenoxy) is 1. The standard InChI is InChI=1S/C15H14N6O2/c1-2-23-15(22)11-9-19-20-14(11)21(12-5-3-4-6-17-12)13-10-16-7-8-18-13/h3-10H,2H2,1H3,(H,19,20). The SMILES string of the molecule is CCOC(=O)c1cn[nH]c1N(c1ccccn1)c1cnccn1. The zero-order valence-electron chi connectivity index (χ0n) is 12.4. The fourth-order valence-electron chi connectivity index (χ4n) is 2.05. The minimum atomic E-state index is -0.471. The number of hydrogen-bond donors (Lipinski definition) is 1. The number of nitrogens with zero attached hydrogens (tertiary/aromatic N) is 5. The monoisotopic (exact) mass is 310 g/mol. The van der Waals surface area contributed by atoms with Crippen molar-refractivity contribution >= 4 is 23.4 Å². The number of nitrogens with one attached hydrogen (secondary N) is 1. The lowest BCUT2D eigenvalue weighted by Gasteiger charge is -2.21. The van der Waals surface area contributed by atoms with Gasteiger partial charge in [0.15, 0.2) is 11.6 Å². The Morgan fingerprint density at radius 2 is 2.04 bits per heavy atom. The number of hydrogen-bond acceptors (Lipinski definition) is 7. The molecule has 0 atom stereocenters. The van der Waals surface area contributed by atoms with E-state index in [1.165, 1.54) is 6.20 Å². The summed E-state index contributed by atoms with van der Waals surface area (Å²) >= 11 is 0. The van der Waals surface area contributed by atoms with E-state index in [0.717, 1.165) is 0 Å². The van der Waals surface area contributed by atoms with Crippen molar-refractivity contribution in [1.29, 1.82) is 0 Å². The van der Waals surface area contributed by atoms with Gasteiger partial charge in [-0.3, -0.25) is 15.0 Å². The Morgan fingerprint density at radius 1 is 1.17 bits per heavy atom. The van der Waals surface area contributed by atoms with Crippen molar-refractivity contribution in [2.24, 2.45) is 0 Å². The molecule has 0 unspecified atom stereocenters. The summed E-state index contributed by atoms with van der Waals surface area (Å²) in [5, 5.41) is 6.76. The molecule has 0 amide bonds. The van der Waals surface area contributed by atoms with E-state index < -0.39 is 5.97 Å². The number of esters is 1. The van der Waals surface area contributed by atoms with E-state index in [2.05, 4.69) is 25.1 Å². The van der Waals surface area contributed by atoms with Gasteiger partial charge in [-0.25, -0.2) is 14.8 Å². The molecule has 0 fully saturated rings. The van der Waals surface area contributed by atoms with Gasteiger partial charge in [0, 0.05) is 18.6 Å². The van der Waals surface area contributed by atoms with E-state index in [1.807, 2.05) is 6.07 Å². The first kappa shape index (κ1) is 14.6. The predicted molar refractivity (Wildman–Crippen MR) is 82.6 cm³/mol. The Morgan fingerprint density at radius 3 is 2.74 bits per heavy atom. The van der Waals surface area contributed by atoms with Gasteiger partial charge < -0.3 is 4.74 Å². The fourth-order valence-corrected chi connectivity index (χ4v) is 2.05. The molecule has 8 nitrogen and oxygen atoms in total. The number of H-pyrrole nitrogens is 1. The zero-order chi connectivity index (χ0) is 16.1. The number of pyridine rings is 1. The summed E-state index contributed by atoms with van der Waals surface area (Å²) < 4.78 is 5.07. The number of carbonyl (C=O) groups is 1. The first-order valence-electron chi connectivity index (χ1n) is 6.99. The quantitative estimate of drug-likeness (QED) is 0.722. The molecular formula is C15H14N6O2. The normalized spacial score (nSPS) is 10.3. The molecular weight excluding hydrogens is 296 g/mol. The first-order valence-corrected chi connectivity index (χ1v) is 6.99. The molecule has 8 heteroatoms. The Hall–Kier alpha value is -3.29. The van der Waals surface area contributed by atoms with Gasteiger partial charge in [0.05, 0.1) is 19.0 Å². The summed E-state index contributed by atoms with van der Waals surface area (Å²) in [4.78, 5) is 26.5. The third-order valence-corrected chi connectivity index (χ3v) is 3.00. The second-order valence-corrected chi connectivity index (χ2v) is 4.44. The van der Waals surface area contributed by atoms with Crippen LogP contribution in [0.5, 0.6) is 0 Å². The van der Waals surface area contributed by atoms with Gasteiger partial charge in [-0.2, -0.15) is 5.10 Å². The highest BCUT2D eigenvalue weighted by molar-refractivity contribution is 5.96. The van der Waals surface area contributed by atoms with Crippen LogP contribution < -0.4 is 4.90 Å². The number of aromatic nitrogens is 5. The molecule has 0 saturated carbocycles. The van der Waals surface area contributed by atoms with Crippen LogP contribution in [0.25, 0.3) is 0 Å². The third kappa shape index (κ3) is 3.00. The van der Waals surface area contributed by atoms with Crippen LogP contribution in [-0.4, -0.2) is 37.7 Å². The van der Waals surface area contributed by atoms with Crippen LogP contribution in [0.3, 0.4) is 0 Å². The van der Waals surface area contributed by atoms with Crippen LogP contribution in [0.15, 0.2) is 49.2 Å². The van der Waals surface area contributed by atoms with Crippen LogP contribution in [0.1, 0.15) is 17.3 Å². The minimum absolute atomic E-state index is 0.276. The molecule has 0 aromatic carbocycles. The van der Waals surface area contributed by atoms with Gasteiger partial charge in [-0.1, -0.05) is 6.07 Å². The maximum atomic E-state index is 12.1. The van der Waals surface area contributed by atoms with Crippen molar-refractivity contribution in [1.82, 2.24) is 25.1 Å². The number of aromatic amines is 1. The van der Waals surface area contributed by atoms with Gasteiger partial charge in [-0.05, 0) is 19.1 Å². The molecule has 3 aromatic rings. The highest BCUT2D eigenvalue weighted by Gasteiger charge is 2.24. The highest BCUT2D eigenvalue weighted by atomic mass is 16.5. The number of rotatable bonds is 5. The van der Waals surface area contributed by atoms with Gasteiger partial charge in [-0.15, -0.1) is 0 Å². The van der Waals surface area contributed by atoms with Crippen LogP contribution in [0, 0.1) is 0 Å². The molecule has 3 heterocycles.